The lowest BCUT2D eigenvalue weighted by atomic mass is 10.2. The van der Waals surface area contributed by atoms with Gasteiger partial charge in [-0.15, -0.1) is 0 Å². The first kappa shape index (κ1) is 14.5. The van der Waals surface area contributed by atoms with Crippen molar-refractivity contribution >= 4 is 0 Å². The van der Waals surface area contributed by atoms with E-state index in [0.29, 0.717) is 0 Å². The zero-order valence-electron chi connectivity index (χ0n) is 9.87. The van der Waals surface area contributed by atoms with Crippen LogP contribution in [0.5, 0.6) is 0 Å². The molecule has 2 heteroatoms. The highest BCUT2D eigenvalue weighted by molar-refractivity contribution is 5.15. The third-order valence-electron chi connectivity index (χ3n) is 2.54. The Labute approximate surface area is 120 Å². The molecule has 2 rings (SSSR count). The van der Waals surface area contributed by atoms with Gasteiger partial charge in [0.15, 0.2) is 8.00 Å². The second-order valence-electron chi connectivity index (χ2n) is 3.81. The molecule has 0 aromatic heterocycles. The first-order valence-electron chi connectivity index (χ1n) is 5.55. The Kier molecular flexibility index (Phi) is 6.60. The summed E-state index contributed by atoms with van der Waals surface area (Å²) >= 11 is 0.179. The van der Waals surface area contributed by atoms with E-state index in [1.165, 1.54) is 22.0 Å². The molecule has 0 nitrogen and oxygen atoms in total. The van der Waals surface area contributed by atoms with Gasteiger partial charge in [0.1, 0.15) is 0 Å². The summed E-state index contributed by atoms with van der Waals surface area (Å²) < 4.78 is 2.94. The van der Waals surface area contributed by atoms with E-state index in [2.05, 4.69) is 61.5 Å². The zero-order valence-corrected chi connectivity index (χ0v) is 12.8. The summed E-state index contributed by atoms with van der Waals surface area (Å²) in [6.45, 7) is 2.22. The highest BCUT2D eigenvalue weighted by atomic mass is 127. The predicted molar refractivity (Wildman–Crippen MR) is 64.9 cm³/mol. The molecule has 0 aliphatic carbocycles. The van der Waals surface area contributed by atoms with Crippen molar-refractivity contribution in [3.05, 3.63) is 69.3 Å². The van der Waals surface area contributed by atoms with Crippen molar-refractivity contribution in [3.63, 3.8) is 0 Å². The van der Waals surface area contributed by atoms with Gasteiger partial charge in [-0.25, -0.2) is 0 Å². The Balaban J connectivity index is 0.00000144. The third-order valence-corrected chi connectivity index (χ3v) is 5.65. The number of rotatable bonds is 4. The number of alkyl halides is 1. The van der Waals surface area contributed by atoms with Crippen LogP contribution in [-0.2, 0) is 6.42 Å². The fourth-order valence-corrected chi connectivity index (χ4v) is 4.32. The van der Waals surface area contributed by atoms with E-state index in [1.54, 1.807) is 3.57 Å². The van der Waals surface area contributed by atoms with E-state index in [4.69, 9.17) is 0 Å². The molecule has 90 valence electrons. The predicted octanol–water partition coefficient (Wildman–Crippen LogP) is -2.50. The van der Waals surface area contributed by atoms with E-state index >= 15 is 0 Å². The van der Waals surface area contributed by atoms with Gasteiger partial charge in [0.2, 0.25) is 0 Å². The summed E-state index contributed by atoms with van der Waals surface area (Å²) in [7, 11) is 0. The summed E-state index contributed by atoms with van der Waals surface area (Å²) in [6, 6.07) is 19.6. The van der Waals surface area contributed by atoms with Gasteiger partial charge in [-0.3, -0.25) is 0 Å². The number of hydrogen-bond donors (Lipinski definition) is 0. The molecule has 2 aromatic rings. The van der Waals surface area contributed by atoms with Crippen molar-refractivity contribution in [1.29, 1.82) is 0 Å². The quantitative estimate of drug-likeness (QED) is 0.419. The third kappa shape index (κ3) is 4.68. The van der Waals surface area contributed by atoms with Crippen LogP contribution in [0.1, 0.15) is 11.1 Å². The van der Waals surface area contributed by atoms with Gasteiger partial charge in [0, 0.05) is 12.0 Å². The molecule has 0 bridgehead atoms. The highest BCUT2D eigenvalue weighted by Gasteiger charge is 2.13. The standard InChI is InChI=1S/C15H16I.ClH/c1-13-7-5-6-10-15(13)16-12-11-14-8-3-2-4-9-14;/h2-10H,11-12H2,1H3;1H/q+1;/p-1. The largest absolute Gasteiger partial charge is 1.00 e. The van der Waals surface area contributed by atoms with Crippen molar-refractivity contribution in [3.8, 4) is 0 Å². The fraction of sp³-hybridized carbons (Fsp3) is 0.200. The molecule has 0 aliphatic heterocycles. The van der Waals surface area contributed by atoms with Crippen molar-refractivity contribution in [2.75, 3.05) is 4.43 Å². The molecular weight excluding hydrogens is 343 g/mol. The lowest BCUT2D eigenvalue weighted by molar-refractivity contribution is -0.626. The fourth-order valence-electron chi connectivity index (χ4n) is 1.60. The monoisotopic (exact) mass is 358 g/mol. The second-order valence-corrected chi connectivity index (χ2v) is 6.81. The topological polar surface area (TPSA) is 0 Å². The normalized spacial score (nSPS) is 9.71. The Hall–Kier alpha value is -0.540. The zero-order chi connectivity index (χ0) is 11.2. The average molecular weight is 359 g/mol. The molecule has 0 aliphatic rings. The van der Waals surface area contributed by atoms with Crippen LogP contribution >= 0.6 is 0 Å². The van der Waals surface area contributed by atoms with Crippen LogP contribution in [0.25, 0.3) is 0 Å². The Morgan fingerprint density at radius 2 is 1.53 bits per heavy atom. The van der Waals surface area contributed by atoms with Crippen molar-refractivity contribution in [1.82, 2.24) is 0 Å². The van der Waals surface area contributed by atoms with E-state index in [0.717, 1.165) is 0 Å². The van der Waals surface area contributed by atoms with Crippen molar-refractivity contribution in [2.24, 2.45) is 0 Å². The van der Waals surface area contributed by atoms with Crippen molar-refractivity contribution in [2.45, 2.75) is 13.3 Å². The number of aryl methyl sites for hydroxylation is 2. The molecule has 17 heavy (non-hydrogen) atoms. The van der Waals surface area contributed by atoms with Crippen LogP contribution in [0.15, 0.2) is 54.6 Å². The van der Waals surface area contributed by atoms with Gasteiger partial charge in [0.25, 0.3) is 0 Å². The number of benzene rings is 2. The van der Waals surface area contributed by atoms with Crippen LogP contribution in [0.3, 0.4) is 0 Å². The maximum Gasteiger partial charge on any atom is 0.313 e. The Bertz CT molecular complexity index is 440. The number of halogens is 2. The van der Waals surface area contributed by atoms with Gasteiger partial charge >= 0.3 is 21.2 Å². The van der Waals surface area contributed by atoms with Gasteiger partial charge in [-0.05, 0) is 18.6 Å². The smallest absolute Gasteiger partial charge is 0.313 e. The lowest BCUT2D eigenvalue weighted by Gasteiger charge is -1.94. The molecule has 0 saturated carbocycles. The summed E-state index contributed by atoms with van der Waals surface area (Å²) in [5.41, 5.74) is 2.93. The van der Waals surface area contributed by atoms with Crippen LogP contribution in [-0.4, -0.2) is 4.43 Å². The number of hydrogen-bond acceptors (Lipinski definition) is 0. The molecule has 0 saturated heterocycles. The van der Waals surface area contributed by atoms with Crippen molar-refractivity contribution < 1.29 is 33.6 Å². The summed E-state index contributed by atoms with van der Waals surface area (Å²) in [5.74, 6) is 0. The van der Waals surface area contributed by atoms with Crippen LogP contribution in [0, 0.1) is 10.5 Å². The first-order valence-corrected chi connectivity index (χ1v) is 8.15. The van der Waals surface area contributed by atoms with Gasteiger partial charge in [-0.1, -0.05) is 48.5 Å². The summed E-state index contributed by atoms with van der Waals surface area (Å²) in [5, 5.41) is 0. The highest BCUT2D eigenvalue weighted by Crippen LogP contribution is 1.97. The molecule has 0 atom stereocenters. The molecule has 0 radical (unpaired) electrons. The van der Waals surface area contributed by atoms with Gasteiger partial charge in [-0.2, -0.15) is 0 Å². The van der Waals surface area contributed by atoms with E-state index in [-0.39, 0.29) is 33.6 Å². The molecule has 0 heterocycles. The molecule has 0 spiro atoms. The van der Waals surface area contributed by atoms with E-state index in [9.17, 15) is 0 Å². The lowest BCUT2D eigenvalue weighted by Crippen LogP contribution is -3.63. The molecular formula is C15H16ClI. The second kappa shape index (κ2) is 7.72. The van der Waals surface area contributed by atoms with E-state index < -0.39 is 0 Å². The maximum absolute atomic E-state index is 2.29. The van der Waals surface area contributed by atoms with Crippen LogP contribution < -0.4 is 33.6 Å². The molecule has 0 amide bonds. The molecule has 0 N–H and O–H groups in total. The minimum atomic E-state index is 0. The SMILES string of the molecule is Cc1ccccc1[I+]CCc1ccccc1.[Cl-]. The Morgan fingerprint density at radius 1 is 0.882 bits per heavy atom. The van der Waals surface area contributed by atoms with Gasteiger partial charge < -0.3 is 12.4 Å². The maximum atomic E-state index is 2.29. The molecule has 0 fully saturated rings. The molecule has 2 aromatic carbocycles. The summed E-state index contributed by atoms with van der Waals surface area (Å²) in [4.78, 5) is 0. The average Bonchev–Trinajstić information content (AvgIpc) is 2.33. The molecule has 0 unspecified atom stereocenters. The van der Waals surface area contributed by atoms with Crippen LogP contribution in [0.4, 0.5) is 0 Å². The Morgan fingerprint density at radius 3 is 2.24 bits per heavy atom. The minimum absolute atomic E-state index is 0. The minimum Gasteiger partial charge on any atom is -1.00 e. The van der Waals surface area contributed by atoms with Gasteiger partial charge in [0.05, 0.1) is 0 Å². The van der Waals surface area contributed by atoms with E-state index in [1.807, 2.05) is 0 Å². The van der Waals surface area contributed by atoms with Crippen LogP contribution in [0.2, 0.25) is 0 Å². The summed E-state index contributed by atoms with van der Waals surface area (Å²) in [6.07, 6.45) is 1.22. The first-order chi connectivity index (χ1) is 7.86.